The van der Waals surface area contributed by atoms with Crippen molar-refractivity contribution in [1.29, 1.82) is 0 Å². The van der Waals surface area contributed by atoms with Gasteiger partial charge in [0.2, 0.25) is 0 Å². The zero-order valence-electron chi connectivity index (χ0n) is 13.4. The van der Waals surface area contributed by atoms with Crippen LogP contribution in [0.3, 0.4) is 0 Å². The summed E-state index contributed by atoms with van der Waals surface area (Å²) in [6.45, 7) is 10.4. The quantitative estimate of drug-likeness (QED) is 0.690. The SMILES string of the molecule is C=CC(C)(CCC=C(C)CC)c1ccccc1CC(=O)O. The Morgan fingerprint density at radius 1 is 1.38 bits per heavy atom. The summed E-state index contributed by atoms with van der Waals surface area (Å²) in [5.74, 6) is -0.796. The van der Waals surface area contributed by atoms with Crippen molar-refractivity contribution < 1.29 is 9.90 Å². The monoisotopic (exact) mass is 286 g/mol. The Kier molecular flexibility index (Phi) is 6.41. The number of hydrogen-bond acceptors (Lipinski definition) is 1. The molecule has 0 aliphatic heterocycles. The summed E-state index contributed by atoms with van der Waals surface area (Å²) in [6.07, 6.45) is 7.25. The van der Waals surface area contributed by atoms with Crippen LogP contribution in [0.1, 0.15) is 51.2 Å². The van der Waals surface area contributed by atoms with Crippen LogP contribution < -0.4 is 0 Å². The number of carbonyl (C=O) groups is 1. The third-order valence-electron chi connectivity index (χ3n) is 4.14. The van der Waals surface area contributed by atoms with Gasteiger partial charge in [-0.25, -0.2) is 0 Å². The van der Waals surface area contributed by atoms with E-state index in [1.54, 1.807) is 0 Å². The molecule has 1 unspecified atom stereocenters. The summed E-state index contributed by atoms with van der Waals surface area (Å²) in [5.41, 5.74) is 3.14. The van der Waals surface area contributed by atoms with Crippen molar-refractivity contribution in [2.24, 2.45) is 0 Å². The van der Waals surface area contributed by atoms with Gasteiger partial charge in [-0.2, -0.15) is 0 Å². The highest BCUT2D eigenvalue weighted by Crippen LogP contribution is 2.33. The van der Waals surface area contributed by atoms with Crippen molar-refractivity contribution in [3.05, 3.63) is 59.7 Å². The number of benzene rings is 1. The van der Waals surface area contributed by atoms with E-state index in [2.05, 4.69) is 33.4 Å². The maximum atomic E-state index is 11.0. The van der Waals surface area contributed by atoms with Crippen LogP contribution in [-0.4, -0.2) is 11.1 Å². The van der Waals surface area contributed by atoms with Gasteiger partial charge in [0.05, 0.1) is 6.42 Å². The molecule has 0 radical (unpaired) electrons. The van der Waals surface area contributed by atoms with E-state index < -0.39 is 5.97 Å². The molecule has 0 saturated heterocycles. The minimum Gasteiger partial charge on any atom is -0.481 e. The average Bonchev–Trinajstić information content (AvgIpc) is 2.46. The molecule has 1 aromatic rings. The van der Waals surface area contributed by atoms with Gasteiger partial charge in [-0.05, 0) is 37.3 Å². The number of carboxylic acid groups (broad SMARTS) is 1. The fourth-order valence-corrected chi connectivity index (χ4v) is 2.50. The van der Waals surface area contributed by atoms with Crippen molar-refractivity contribution in [2.75, 3.05) is 0 Å². The number of carboxylic acids is 1. The van der Waals surface area contributed by atoms with E-state index in [4.69, 9.17) is 5.11 Å². The maximum Gasteiger partial charge on any atom is 0.307 e. The highest BCUT2D eigenvalue weighted by molar-refractivity contribution is 5.71. The van der Waals surface area contributed by atoms with Crippen LogP contribution >= 0.6 is 0 Å². The highest BCUT2D eigenvalue weighted by Gasteiger charge is 2.25. The molecule has 0 aliphatic carbocycles. The third-order valence-corrected chi connectivity index (χ3v) is 4.14. The first-order chi connectivity index (χ1) is 9.92. The van der Waals surface area contributed by atoms with Crippen LogP contribution in [0.2, 0.25) is 0 Å². The molecule has 1 aromatic carbocycles. The first kappa shape index (κ1) is 17.2. The Balaban J connectivity index is 3.02. The predicted octanol–water partition coefficient (Wildman–Crippen LogP) is 4.89. The molecule has 0 spiro atoms. The summed E-state index contributed by atoms with van der Waals surface area (Å²) < 4.78 is 0. The Morgan fingerprint density at radius 3 is 2.62 bits per heavy atom. The van der Waals surface area contributed by atoms with Crippen LogP contribution in [0.15, 0.2) is 48.6 Å². The van der Waals surface area contributed by atoms with Gasteiger partial charge in [0.15, 0.2) is 0 Å². The molecule has 114 valence electrons. The van der Waals surface area contributed by atoms with E-state index in [1.165, 1.54) is 5.57 Å². The fourth-order valence-electron chi connectivity index (χ4n) is 2.50. The molecule has 1 atom stereocenters. The molecule has 1 N–H and O–H groups in total. The summed E-state index contributed by atoms with van der Waals surface area (Å²) >= 11 is 0. The van der Waals surface area contributed by atoms with Crippen molar-refractivity contribution >= 4 is 5.97 Å². The minimum atomic E-state index is -0.796. The number of allylic oxidation sites excluding steroid dienone is 3. The smallest absolute Gasteiger partial charge is 0.307 e. The Hall–Kier alpha value is -1.83. The van der Waals surface area contributed by atoms with Gasteiger partial charge >= 0.3 is 5.97 Å². The lowest BCUT2D eigenvalue weighted by atomic mass is 9.76. The molecule has 0 heterocycles. The van der Waals surface area contributed by atoms with Crippen molar-refractivity contribution in [1.82, 2.24) is 0 Å². The largest absolute Gasteiger partial charge is 0.481 e. The van der Waals surface area contributed by atoms with Crippen LogP contribution in [0, 0.1) is 0 Å². The molecule has 0 aliphatic rings. The van der Waals surface area contributed by atoms with Crippen molar-refractivity contribution in [3.63, 3.8) is 0 Å². The van der Waals surface area contributed by atoms with Gasteiger partial charge < -0.3 is 5.11 Å². The lowest BCUT2D eigenvalue weighted by molar-refractivity contribution is -0.136. The minimum absolute atomic E-state index is 0.0590. The van der Waals surface area contributed by atoms with Gasteiger partial charge in [-0.1, -0.05) is 55.8 Å². The second kappa shape index (κ2) is 7.82. The summed E-state index contributed by atoms with van der Waals surface area (Å²) in [6, 6.07) is 7.79. The third kappa shape index (κ3) is 4.89. The summed E-state index contributed by atoms with van der Waals surface area (Å²) in [7, 11) is 0. The molecule has 1 rings (SSSR count). The van der Waals surface area contributed by atoms with Crippen molar-refractivity contribution in [2.45, 2.75) is 51.9 Å². The standard InChI is InChI=1S/C19H26O2/c1-5-15(3)10-9-13-19(4,6-2)17-12-8-7-11-16(17)14-18(20)21/h6-8,10-12H,2,5,9,13-14H2,1,3-4H3,(H,20,21). The maximum absolute atomic E-state index is 11.0. The van der Waals surface area contributed by atoms with E-state index in [0.717, 1.165) is 30.4 Å². The van der Waals surface area contributed by atoms with E-state index >= 15 is 0 Å². The van der Waals surface area contributed by atoms with Gasteiger partial charge in [-0.15, -0.1) is 6.58 Å². The number of aliphatic carboxylic acids is 1. The molecule has 21 heavy (non-hydrogen) atoms. The topological polar surface area (TPSA) is 37.3 Å². The number of rotatable bonds is 8. The van der Waals surface area contributed by atoms with Crippen LogP contribution in [0.25, 0.3) is 0 Å². The van der Waals surface area contributed by atoms with E-state index in [0.29, 0.717) is 0 Å². The molecule has 2 nitrogen and oxygen atoms in total. The average molecular weight is 286 g/mol. The normalized spacial score (nSPS) is 14.5. The molecule has 0 saturated carbocycles. The molecular formula is C19H26O2. The van der Waals surface area contributed by atoms with Crippen LogP contribution in [0.5, 0.6) is 0 Å². The van der Waals surface area contributed by atoms with Gasteiger partial charge in [0.25, 0.3) is 0 Å². The highest BCUT2D eigenvalue weighted by atomic mass is 16.4. The Bertz CT molecular complexity index is 528. The molecule has 0 fully saturated rings. The zero-order valence-corrected chi connectivity index (χ0v) is 13.4. The number of hydrogen-bond donors (Lipinski definition) is 1. The second-order valence-electron chi connectivity index (χ2n) is 5.79. The Labute approximate surface area is 128 Å². The summed E-state index contributed by atoms with van der Waals surface area (Å²) in [5, 5.41) is 9.08. The van der Waals surface area contributed by atoms with Crippen LogP contribution in [-0.2, 0) is 16.6 Å². The first-order valence-electron chi connectivity index (χ1n) is 7.52. The fraction of sp³-hybridized carbons (Fsp3) is 0.421. The van der Waals surface area contributed by atoms with Gasteiger partial charge in [0.1, 0.15) is 0 Å². The van der Waals surface area contributed by atoms with Gasteiger partial charge in [0, 0.05) is 5.41 Å². The van der Waals surface area contributed by atoms with E-state index in [1.807, 2.05) is 30.3 Å². The summed E-state index contributed by atoms with van der Waals surface area (Å²) in [4.78, 5) is 11.0. The van der Waals surface area contributed by atoms with Crippen molar-refractivity contribution in [3.8, 4) is 0 Å². The zero-order chi connectivity index (χ0) is 15.9. The molecule has 2 heteroatoms. The molecule has 0 aromatic heterocycles. The Morgan fingerprint density at radius 2 is 2.05 bits per heavy atom. The lowest BCUT2D eigenvalue weighted by Gasteiger charge is -2.28. The second-order valence-corrected chi connectivity index (χ2v) is 5.79. The lowest BCUT2D eigenvalue weighted by Crippen LogP contribution is -2.21. The van der Waals surface area contributed by atoms with Gasteiger partial charge in [-0.3, -0.25) is 4.79 Å². The predicted molar refractivity (Wildman–Crippen MR) is 88.6 cm³/mol. The molecule has 0 amide bonds. The first-order valence-corrected chi connectivity index (χ1v) is 7.52. The van der Waals surface area contributed by atoms with E-state index in [-0.39, 0.29) is 11.8 Å². The van der Waals surface area contributed by atoms with Crippen LogP contribution in [0.4, 0.5) is 0 Å². The van der Waals surface area contributed by atoms with E-state index in [9.17, 15) is 4.79 Å². The molecular weight excluding hydrogens is 260 g/mol. The molecule has 0 bridgehead atoms.